The predicted octanol–water partition coefficient (Wildman–Crippen LogP) is 2.59. The van der Waals surface area contributed by atoms with E-state index in [4.69, 9.17) is 4.42 Å². The van der Waals surface area contributed by atoms with Gasteiger partial charge in [-0.3, -0.25) is 0 Å². The van der Waals surface area contributed by atoms with Crippen LogP contribution in [0.4, 0.5) is 4.39 Å². The first-order valence-electron chi connectivity index (χ1n) is 6.65. The van der Waals surface area contributed by atoms with E-state index < -0.39 is 0 Å². The lowest BCUT2D eigenvalue weighted by molar-refractivity contribution is 0.207. The van der Waals surface area contributed by atoms with Crippen molar-refractivity contribution >= 4 is 0 Å². The van der Waals surface area contributed by atoms with Gasteiger partial charge in [-0.2, -0.15) is 0 Å². The summed E-state index contributed by atoms with van der Waals surface area (Å²) >= 11 is 0. The molecule has 0 saturated carbocycles. The quantitative estimate of drug-likeness (QED) is 0.852. The normalized spacial score (nSPS) is 12.8. The van der Waals surface area contributed by atoms with Crippen molar-refractivity contribution in [3.63, 3.8) is 0 Å². The third kappa shape index (κ3) is 3.43. The number of aromatic nitrogens is 1. The fourth-order valence-corrected chi connectivity index (χ4v) is 1.91. The van der Waals surface area contributed by atoms with Crippen molar-refractivity contribution in [2.75, 3.05) is 6.61 Å². The van der Waals surface area contributed by atoms with Gasteiger partial charge in [0.1, 0.15) is 5.82 Å². The van der Waals surface area contributed by atoms with Crippen molar-refractivity contribution in [1.82, 2.24) is 10.3 Å². The van der Waals surface area contributed by atoms with Gasteiger partial charge in [-0.1, -0.05) is 26.0 Å². The standard InChI is InChI=1S/C15H19FN2O2/c1-10(2)13(9-19)17-8-15-18-7-14(20-15)11-5-3-4-6-12(11)16/h3-7,10,13,17,19H,8-9H2,1-2H3/t13-/m1/s1. The summed E-state index contributed by atoms with van der Waals surface area (Å²) in [7, 11) is 0. The number of aliphatic hydroxyl groups is 1. The number of nitrogens with zero attached hydrogens (tertiary/aromatic N) is 1. The summed E-state index contributed by atoms with van der Waals surface area (Å²) in [6, 6.07) is 6.40. The van der Waals surface area contributed by atoms with E-state index in [-0.39, 0.29) is 18.5 Å². The van der Waals surface area contributed by atoms with Gasteiger partial charge in [0.25, 0.3) is 0 Å². The Morgan fingerprint density at radius 1 is 1.35 bits per heavy atom. The Labute approximate surface area is 117 Å². The molecule has 2 rings (SSSR count). The molecule has 2 N–H and O–H groups in total. The fourth-order valence-electron chi connectivity index (χ4n) is 1.91. The monoisotopic (exact) mass is 278 g/mol. The first-order chi connectivity index (χ1) is 9.61. The van der Waals surface area contributed by atoms with Crippen LogP contribution < -0.4 is 5.32 Å². The maximum Gasteiger partial charge on any atom is 0.208 e. The number of nitrogens with one attached hydrogen (secondary N) is 1. The molecule has 0 aliphatic carbocycles. The maximum atomic E-state index is 13.6. The van der Waals surface area contributed by atoms with E-state index in [0.29, 0.717) is 29.7 Å². The highest BCUT2D eigenvalue weighted by Gasteiger charge is 2.14. The summed E-state index contributed by atoms with van der Waals surface area (Å²) in [5, 5.41) is 12.4. The van der Waals surface area contributed by atoms with Gasteiger partial charge in [-0.05, 0) is 18.1 Å². The molecule has 1 aromatic carbocycles. The third-order valence-corrected chi connectivity index (χ3v) is 3.21. The topological polar surface area (TPSA) is 58.3 Å². The molecule has 0 aliphatic rings. The summed E-state index contributed by atoms with van der Waals surface area (Å²) in [5.74, 6) is 0.854. The third-order valence-electron chi connectivity index (χ3n) is 3.21. The molecule has 2 aromatic rings. The molecule has 0 bridgehead atoms. The van der Waals surface area contributed by atoms with E-state index in [9.17, 15) is 9.50 Å². The van der Waals surface area contributed by atoms with Gasteiger partial charge in [-0.25, -0.2) is 9.37 Å². The summed E-state index contributed by atoms with van der Waals surface area (Å²) < 4.78 is 19.2. The Kier molecular flexibility index (Phi) is 4.87. The molecule has 0 amide bonds. The fraction of sp³-hybridized carbons (Fsp3) is 0.400. The lowest BCUT2D eigenvalue weighted by atomic mass is 10.1. The molecule has 1 atom stereocenters. The molecule has 0 unspecified atom stereocenters. The number of halogens is 1. The van der Waals surface area contributed by atoms with Crippen LogP contribution in [-0.4, -0.2) is 22.7 Å². The first kappa shape index (κ1) is 14.7. The number of benzene rings is 1. The average Bonchev–Trinajstić information content (AvgIpc) is 2.88. The molecule has 0 radical (unpaired) electrons. The van der Waals surface area contributed by atoms with Gasteiger partial charge in [0.05, 0.1) is 24.9 Å². The molecule has 0 saturated heterocycles. The zero-order valence-electron chi connectivity index (χ0n) is 11.6. The van der Waals surface area contributed by atoms with Crippen molar-refractivity contribution in [3.8, 4) is 11.3 Å². The highest BCUT2D eigenvalue weighted by molar-refractivity contribution is 5.56. The van der Waals surface area contributed by atoms with E-state index in [2.05, 4.69) is 10.3 Å². The smallest absolute Gasteiger partial charge is 0.208 e. The minimum atomic E-state index is -0.335. The minimum Gasteiger partial charge on any atom is -0.439 e. The lowest BCUT2D eigenvalue weighted by Gasteiger charge is -2.18. The largest absolute Gasteiger partial charge is 0.439 e. The van der Waals surface area contributed by atoms with Crippen LogP contribution in [0.5, 0.6) is 0 Å². The van der Waals surface area contributed by atoms with Crippen molar-refractivity contribution in [2.24, 2.45) is 5.92 Å². The number of oxazole rings is 1. The van der Waals surface area contributed by atoms with E-state index in [1.165, 1.54) is 12.3 Å². The second-order valence-electron chi connectivity index (χ2n) is 5.01. The van der Waals surface area contributed by atoms with Gasteiger partial charge < -0.3 is 14.8 Å². The van der Waals surface area contributed by atoms with Crippen molar-refractivity contribution in [1.29, 1.82) is 0 Å². The van der Waals surface area contributed by atoms with E-state index in [0.717, 1.165) is 0 Å². The average molecular weight is 278 g/mol. The van der Waals surface area contributed by atoms with Gasteiger partial charge >= 0.3 is 0 Å². The maximum absolute atomic E-state index is 13.6. The van der Waals surface area contributed by atoms with E-state index in [1.54, 1.807) is 18.2 Å². The Bertz CT molecular complexity index is 554. The van der Waals surface area contributed by atoms with Crippen LogP contribution in [-0.2, 0) is 6.54 Å². The Balaban J connectivity index is 2.05. The molecular formula is C15H19FN2O2. The van der Waals surface area contributed by atoms with Gasteiger partial charge in [-0.15, -0.1) is 0 Å². The van der Waals surface area contributed by atoms with Crippen LogP contribution in [0.15, 0.2) is 34.9 Å². The Morgan fingerprint density at radius 2 is 2.10 bits per heavy atom. The summed E-state index contributed by atoms with van der Waals surface area (Å²) in [6.45, 7) is 4.50. The van der Waals surface area contributed by atoms with Crippen LogP contribution in [0.1, 0.15) is 19.7 Å². The highest BCUT2D eigenvalue weighted by Crippen LogP contribution is 2.23. The van der Waals surface area contributed by atoms with Gasteiger partial charge in [0.2, 0.25) is 5.89 Å². The van der Waals surface area contributed by atoms with Crippen LogP contribution in [0, 0.1) is 11.7 Å². The zero-order chi connectivity index (χ0) is 14.5. The Morgan fingerprint density at radius 3 is 2.75 bits per heavy atom. The molecule has 0 aliphatic heterocycles. The molecule has 1 heterocycles. The Hall–Kier alpha value is -1.72. The molecule has 0 spiro atoms. The first-order valence-corrected chi connectivity index (χ1v) is 6.65. The van der Waals surface area contributed by atoms with Crippen LogP contribution in [0.3, 0.4) is 0 Å². The predicted molar refractivity (Wildman–Crippen MR) is 74.4 cm³/mol. The number of rotatable bonds is 6. The van der Waals surface area contributed by atoms with Gasteiger partial charge in [0, 0.05) is 6.04 Å². The number of hydrogen-bond acceptors (Lipinski definition) is 4. The molecule has 5 heteroatoms. The molecule has 20 heavy (non-hydrogen) atoms. The van der Waals surface area contributed by atoms with Crippen LogP contribution in [0.2, 0.25) is 0 Å². The second kappa shape index (κ2) is 6.63. The van der Waals surface area contributed by atoms with Crippen molar-refractivity contribution in [3.05, 3.63) is 42.2 Å². The second-order valence-corrected chi connectivity index (χ2v) is 5.01. The minimum absolute atomic E-state index is 0.0150. The van der Waals surface area contributed by atoms with Crippen LogP contribution >= 0.6 is 0 Å². The van der Waals surface area contributed by atoms with Gasteiger partial charge in [0.15, 0.2) is 5.76 Å². The van der Waals surface area contributed by atoms with Crippen LogP contribution in [0.25, 0.3) is 11.3 Å². The molecule has 1 aromatic heterocycles. The molecular weight excluding hydrogens is 259 g/mol. The van der Waals surface area contributed by atoms with E-state index >= 15 is 0 Å². The molecule has 0 fully saturated rings. The number of hydrogen-bond donors (Lipinski definition) is 2. The summed E-state index contributed by atoms with van der Waals surface area (Å²) in [4.78, 5) is 4.12. The lowest BCUT2D eigenvalue weighted by Crippen LogP contribution is -2.36. The summed E-state index contributed by atoms with van der Waals surface area (Å²) in [6.07, 6.45) is 1.51. The molecule has 4 nitrogen and oxygen atoms in total. The van der Waals surface area contributed by atoms with Crippen molar-refractivity contribution < 1.29 is 13.9 Å². The summed E-state index contributed by atoms with van der Waals surface area (Å²) in [5.41, 5.74) is 0.397. The number of aliphatic hydroxyl groups excluding tert-OH is 1. The highest BCUT2D eigenvalue weighted by atomic mass is 19.1. The SMILES string of the molecule is CC(C)[C@@H](CO)NCc1ncc(-c2ccccc2F)o1. The van der Waals surface area contributed by atoms with Crippen molar-refractivity contribution in [2.45, 2.75) is 26.4 Å². The van der Waals surface area contributed by atoms with E-state index in [1.807, 2.05) is 13.8 Å². The zero-order valence-corrected chi connectivity index (χ0v) is 11.6. The molecule has 108 valence electrons.